The average molecular weight is 619 g/mol. The molecule has 2 aromatic carbocycles. The number of piperidine rings is 1. The summed E-state index contributed by atoms with van der Waals surface area (Å²) in [7, 11) is 0. The first-order valence-electron chi connectivity index (χ1n) is 14.1. The third-order valence-corrected chi connectivity index (χ3v) is 8.39. The third kappa shape index (κ3) is 6.37. The maximum atomic E-state index is 15.0. The minimum Gasteiger partial charge on any atom is -0.444 e. The van der Waals surface area contributed by atoms with Crippen molar-refractivity contribution < 1.29 is 23.1 Å². The van der Waals surface area contributed by atoms with E-state index in [1.54, 1.807) is 21.9 Å². The van der Waals surface area contributed by atoms with Crippen molar-refractivity contribution in [1.82, 2.24) is 9.80 Å². The number of nitrogens with zero attached hydrogens (tertiary/aromatic N) is 2. The highest BCUT2D eigenvalue weighted by Gasteiger charge is 2.31. The molecule has 2 amide bonds. The lowest BCUT2D eigenvalue weighted by Gasteiger charge is -2.36. The number of hydrogen-bond acceptors (Lipinski definition) is 6. The van der Waals surface area contributed by atoms with Crippen molar-refractivity contribution in [1.29, 1.82) is 0 Å². The highest BCUT2D eigenvalue weighted by molar-refractivity contribution is 6.35. The smallest absolute Gasteiger partial charge is 0.410 e. The second kappa shape index (κ2) is 11.8. The zero-order chi connectivity index (χ0) is 30.3. The summed E-state index contributed by atoms with van der Waals surface area (Å²) in [4.78, 5) is 41.7. The van der Waals surface area contributed by atoms with Gasteiger partial charge in [-0.05, 0) is 93.8 Å². The summed E-state index contributed by atoms with van der Waals surface area (Å²) in [6, 6.07) is 7.69. The number of benzene rings is 2. The van der Waals surface area contributed by atoms with E-state index < -0.39 is 17.0 Å². The van der Waals surface area contributed by atoms with Crippen LogP contribution < -0.4 is 10.9 Å². The molecule has 2 aliphatic rings. The molecule has 1 unspecified atom stereocenters. The topological polar surface area (TPSA) is 92.1 Å². The number of carbonyl (C=O) groups is 2. The number of likely N-dealkylation sites (tertiary alicyclic amines) is 1. The van der Waals surface area contributed by atoms with Crippen LogP contribution in [0.15, 0.2) is 39.5 Å². The maximum Gasteiger partial charge on any atom is 0.410 e. The number of amides is 2. The van der Waals surface area contributed by atoms with Crippen LogP contribution in [0.25, 0.3) is 10.8 Å². The molecule has 42 heavy (non-hydrogen) atoms. The number of anilines is 1. The first kappa shape index (κ1) is 30.2. The molecule has 2 aliphatic heterocycles. The Bertz CT molecular complexity index is 1590. The van der Waals surface area contributed by atoms with Crippen molar-refractivity contribution >= 4 is 51.7 Å². The van der Waals surface area contributed by atoms with Gasteiger partial charge in [0.15, 0.2) is 0 Å². The molecule has 5 rings (SSSR count). The van der Waals surface area contributed by atoms with Crippen LogP contribution in [-0.2, 0) is 16.0 Å². The predicted molar refractivity (Wildman–Crippen MR) is 161 cm³/mol. The monoisotopic (exact) mass is 617 g/mol. The van der Waals surface area contributed by atoms with Gasteiger partial charge in [-0.1, -0.05) is 23.2 Å². The van der Waals surface area contributed by atoms with E-state index in [0.29, 0.717) is 60.1 Å². The van der Waals surface area contributed by atoms with Crippen LogP contribution in [0.3, 0.4) is 0 Å². The molecule has 224 valence electrons. The highest BCUT2D eigenvalue weighted by Crippen LogP contribution is 2.37. The minimum absolute atomic E-state index is 0.0750. The Morgan fingerprint density at radius 1 is 1.10 bits per heavy atom. The van der Waals surface area contributed by atoms with Crippen molar-refractivity contribution in [3.8, 4) is 0 Å². The Kier molecular flexibility index (Phi) is 8.45. The zero-order valence-corrected chi connectivity index (χ0v) is 25.6. The maximum absolute atomic E-state index is 15.0. The van der Waals surface area contributed by atoms with Crippen LogP contribution in [0.1, 0.15) is 69.4 Å². The van der Waals surface area contributed by atoms with Crippen LogP contribution in [0.5, 0.6) is 0 Å². The van der Waals surface area contributed by atoms with Crippen molar-refractivity contribution in [2.24, 2.45) is 0 Å². The molecule has 3 heterocycles. The van der Waals surface area contributed by atoms with Gasteiger partial charge in [0.2, 0.25) is 5.91 Å². The van der Waals surface area contributed by atoms with Gasteiger partial charge in [-0.25, -0.2) is 14.0 Å². The number of ether oxygens (including phenoxy) is 1. The van der Waals surface area contributed by atoms with E-state index in [4.69, 9.17) is 32.4 Å². The third-order valence-electron chi connectivity index (χ3n) is 7.85. The Balaban J connectivity index is 1.28. The quantitative estimate of drug-likeness (QED) is 0.342. The molecule has 0 saturated carbocycles. The first-order chi connectivity index (χ1) is 19.8. The van der Waals surface area contributed by atoms with Gasteiger partial charge in [0, 0.05) is 35.6 Å². The summed E-state index contributed by atoms with van der Waals surface area (Å²) in [5.74, 6) is -0.448. The van der Waals surface area contributed by atoms with Gasteiger partial charge in [0.1, 0.15) is 17.2 Å². The molecular formula is C31H34Cl2FN3O5. The Morgan fingerprint density at radius 2 is 1.81 bits per heavy atom. The lowest BCUT2D eigenvalue weighted by atomic mass is 9.93. The Morgan fingerprint density at radius 3 is 2.50 bits per heavy atom. The lowest BCUT2D eigenvalue weighted by molar-refractivity contribution is -0.131. The lowest BCUT2D eigenvalue weighted by Crippen LogP contribution is -2.42. The molecule has 0 radical (unpaired) electrons. The number of hydrogen-bond donors (Lipinski definition) is 1. The van der Waals surface area contributed by atoms with Crippen LogP contribution in [0.4, 0.5) is 14.9 Å². The van der Waals surface area contributed by atoms with E-state index in [2.05, 4.69) is 5.32 Å². The number of carbonyl (C=O) groups excluding carboxylic acids is 2. The van der Waals surface area contributed by atoms with Gasteiger partial charge in [-0.2, -0.15) is 0 Å². The molecule has 0 bridgehead atoms. The Labute approximate surface area is 253 Å². The van der Waals surface area contributed by atoms with E-state index in [-0.39, 0.29) is 41.6 Å². The van der Waals surface area contributed by atoms with E-state index in [9.17, 15) is 14.4 Å². The fourth-order valence-corrected chi connectivity index (χ4v) is 6.45. The SMILES string of the molecule is CC1c2c(Cl)cc(Cl)cc2CCN1C(=O)CNc1cc2cc(C3CCN(C(=O)OC(C)(C)C)CC3)oc(=O)c2cc1F. The van der Waals surface area contributed by atoms with E-state index in [1.807, 2.05) is 33.8 Å². The summed E-state index contributed by atoms with van der Waals surface area (Å²) in [6.45, 7) is 8.67. The van der Waals surface area contributed by atoms with Crippen molar-refractivity contribution in [3.63, 3.8) is 0 Å². The van der Waals surface area contributed by atoms with E-state index in [1.165, 1.54) is 6.07 Å². The largest absolute Gasteiger partial charge is 0.444 e. The molecular weight excluding hydrogens is 584 g/mol. The second-order valence-electron chi connectivity index (χ2n) is 11.9. The fraction of sp³-hybridized carbons (Fsp3) is 0.452. The molecule has 0 spiro atoms. The second-order valence-corrected chi connectivity index (χ2v) is 12.8. The number of fused-ring (bicyclic) bond motifs is 2. The average Bonchev–Trinajstić information content (AvgIpc) is 2.91. The molecule has 1 saturated heterocycles. The van der Waals surface area contributed by atoms with E-state index in [0.717, 1.165) is 17.2 Å². The zero-order valence-electron chi connectivity index (χ0n) is 24.1. The summed E-state index contributed by atoms with van der Waals surface area (Å²) in [6.07, 6.45) is 1.45. The molecule has 11 heteroatoms. The van der Waals surface area contributed by atoms with Crippen LogP contribution >= 0.6 is 23.2 Å². The van der Waals surface area contributed by atoms with Gasteiger partial charge in [-0.3, -0.25) is 4.79 Å². The highest BCUT2D eigenvalue weighted by atomic mass is 35.5. The van der Waals surface area contributed by atoms with E-state index >= 15 is 4.39 Å². The first-order valence-corrected chi connectivity index (χ1v) is 14.8. The molecule has 0 aliphatic carbocycles. The number of nitrogens with one attached hydrogen (secondary N) is 1. The number of halogens is 3. The number of rotatable bonds is 4. The minimum atomic E-state index is -0.657. The van der Waals surface area contributed by atoms with Crippen LogP contribution in [0, 0.1) is 5.82 Å². The van der Waals surface area contributed by atoms with Gasteiger partial charge >= 0.3 is 11.7 Å². The molecule has 1 N–H and O–H groups in total. The summed E-state index contributed by atoms with van der Waals surface area (Å²) in [5.41, 5.74) is 0.792. The van der Waals surface area contributed by atoms with Gasteiger partial charge < -0.3 is 24.3 Å². The normalized spacial score (nSPS) is 17.7. The Hall–Kier alpha value is -3.30. The summed E-state index contributed by atoms with van der Waals surface area (Å²) < 4.78 is 26.0. The molecule has 1 atom stereocenters. The molecule has 1 fully saturated rings. The van der Waals surface area contributed by atoms with Gasteiger partial charge in [0.05, 0.1) is 23.7 Å². The molecule has 1 aromatic heterocycles. The summed E-state index contributed by atoms with van der Waals surface area (Å²) in [5, 5.41) is 4.62. The van der Waals surface area contributed by atoms with Gasteiger partial charge in [-0.15, -0.1) is 0 Å². The standard InChI is InChI=1S/C31H34Cl2FN3O5/c1-17-28-19(11-21(32)14-23(28)33)7-10-37(17)27(38)16-35-25-12-20-13-26(41-29(39)22(20)15-24(25)34)18-5-8-36(9-6-18)30(40)42-31(2,3)4/h11-15,17-18,35H,5-10,16H2,1-4H3. The molecule has 8 nitrogen and oxygen atoms in total. The summed E-state index contributed by atoms with van der Waals surface area (Å²) >= 11 is 12.6. The molecule has 3 aromatic rings. The van der Waals surface area contributed by atoms with Crippen LogP contribution in [-0.4, -0.2) is 53.6 Å². The fourth-order valence-electron chi connectivity index (χ4n) is 5.76. The van der Waals surface area contributed by atoms with Crippen molar-refractivity contribution in [2.45, 2.75) is 64.5 Å². The van der Waals surface area contributed by atoms with Gasteiger partial charge in [0.25, 0.3) is 0 Å². The van der Waals surface area contributed by atoms with Crippen molar-refractivity contribution in [3.05, 3.63) is 73.5 Å². The van der Waals surface area contributed by atoms with Crippen LogP contribution in [0.2, 0.25) is 10.0 Å². The predicted octanol–water partition coefficient (Wildman–Crippen LogP) is 6.91. The van der Waals surface area contributed by atoms with Crippen molar-refractivity contribution in [2.75, 3.05) is 31.5 Å².